The van der Waals surface area contributed by atoms with Gasteiger partial charge in [0.1, 0.15) is 0 Å². The number of nitrogens with zero attached hydrogens (tertiary/aromatic N) is 1. The van der Waals surface area contributed by atoms with E-state index in [1.54, 1.807) is 7.11 Å². The van der Waals surface area contributed by atoms with Crippen LogP contribution in [0, 0.1) is 5.92 Å². The molecule has 0 spiro atoms. The molecule has 0 bridgehead atoms. The van der Waals surface area contributed by atoms with E-state index in [1.807, 2.05) is 13.8 Å². The van der Waals surface area contributed by atoms with E-state index >= 15 is 0 Å². The average molecular weight is 243 g/mol. The maximum Gasteiger partial charge on any atom is 0.0880 e. The molecule has 0 saturated heterocycles. The highest BCUT2D eigenvalue weighted by Crippen LogP contribution is 2.25. The van der Waals surface area contributed by atoms with Crippen molar-refractivity contribution in [3.05, 3.63) is 0 Å². The zero-order valence-electron chi connectivity index (χ0n) is 11.9. The van der Waals surface area contributed by atoms with Crippen molar-refractivity contribution in [3.63, 3.8) is 0 Å². The lowest BCUT2D eigenvalue weighted by Crippen LogP contribution is -2.40. The van der Waals surface area contributed by atoms with Gasteiger partial charge in [-0.15, -0.1) is 0 Å². The van der Waals surface area contributed by atoms with Crippen molar-refractivity contribution < 1.29 is 9.84 Å². The first-order chi connectivity index (χ1) is 7.95. The maximum atomic E-state index is 10.0. The SMILES string of the molecule is COC(C)(C)C(O)CCN(C)CC1CCCC1. The van der Waals surface area contributed by atoms with Crippen LogP contribution < -0.4 is 0 Å². The van der Waals surface area contributed by atoms with Gasteiger partial charge in [0.15, 0.2) is 0 Å². The van der Waals surface area contributed by atoms with Crippen LogP contribution in [0.15, 0.2) is 0 Å². The molecule has 0 radical (unpaired) electrons. The second-order valence-electron chi connectivity index (χ2n) is 6.02. The van der Waals surface area contributed by atoms with Crippen LogP contribution >= 0.6 is 0 Å². The quantitative estimate of drug-likeness (QED) is 0.744. The Morgan fingerprint density at radius 1 is 1.35 bits per heavy atom. The molecule has 0 aromatic heterocycles. The van der Waals surface area contributed by atoms with Gasteiger partial charge in [-0.25, -0.2) is 0 Å². The molecule has 0 amide bonds. The van der Waals surface area contributed by atoms with Crippen LogP contribution in [-0.4, -0.2) is 49.0 Å². The molecule has 0 aromatic carbocycles. The Bertz CT molecular complexity index is 212. The van der Waals surface area contributed by atoms with Crippen LogP contribution in [0.2, 0.25) is 0 Å². The fraction of sp³-hybridized carbons (Fsp3) is 1.00. The van der Waals surface area contributed by atoms with Crippen LogP contribution in [-0.2, 0) is 4.74 Å². The van der Waals surface area contributed by atoms with E-state index in [2.05, 4.69) is 11.9 Å². The van der Waals surface area contributed by atoms with E-state index in [0.717, 1.165) is 18.9 Å². The Morgan fingerprint density at radius 3 is 2.47 bits per heavy atom. The Labute approximate surface area is 106 Å². The van der Waals surface area contributed by atoms with Crippen molar-refractivity contribution in [1.29, 1.82) is 0 Å². The molecular weight excluding hydrogens is 214 g/mol. The van der Waals surface area contributed by atoms with E-state index in [4.69, 9.17) is 4.74 Å². The van der Waals surface area contributed by atoms with Crippen LogP contribution in [0.4, 0.5) is 0 Å². The van der Waals surface area contributed by atoms with Gasteiger partial charge in [0.2, 0.25) is 0 Å². The number of ether oxygens (including phenoxy) is 1. The molecule has 17 heavy (non-hydrogen) atoms. The predicted molar refractivity (Wildman–Crippen MR) is 71.2 cm³/mol. The number of aliphatic hydroxyl groups excluding tert-OH is 1. The summed E-state index contributed by atoms with van der Waals surface area (Å²) in [5, 5.41) is 10.0. The van der Waals surface area contributed by atoms with Crippen molar-refractivity contribution in [2.24, 2.45) is 5.92 Å². The second kappa shape index (κ2) is 6.72. The summed E-state index contributed by atoms with van der Waals surface area (Å²) >= 11 is 0. The van der Waals surface area contributed by atoms with Crippen LogP contribution in [0.1, 0.15) is 46.0 Å². The van der Waals surface area contributed by atoms with Gasteiger partial charge in [-0.3, -0.25) is 0 Å². The molecular formula is C14H29NO2. The van der Waals surface area contributed by atoms with E-state index in [0.29, 0.717) is 0 Å². The van der Waals surface area contributed by atoms with Crippen molar-refractivity contribution in [2.75, 3.05) is 27.2 Å². The van der Waals surface area contributed by atoms with Crippen LogP contribution in [0.5, 0.6) is 0 Å². The summed E-state index contributed by atoms with van der Waals surface area (Å²) in [5.74, 6) is 0.882. The lowest BCUT2D eigenvalue weighted by Gasteiger charge is -2.30. The molecule has 3 heteroatoms. The molecule has 1 unspecified atom stereocenters. The highest BCUT2D eigenvalue weighted by molar-refractivity contribution is 4.79. The zero-order chi connectivity index (χ0) is 12.9. The molecule has 3 nitrogen and oxygen atoms in total. The molecule has 1 N–H and O–H groups in total. The summed E-state index contributed by atoms with van der Waals surface area (Å²) in [7, 11) is 3.82. The number of rotatable bonds is 7. The van der Waals surface area contributed by atoms with Gasteiger partial charge < -0.3 is 14.7 Å². The fourth-order valence-corrected chi connectivity index (χ4v) is 2.55. The van der Waals surface area contributed by atoms with Crippen molar-refractivity contribution in [1.82, 2.24) is 4.90 Å². The number of hydrogen-bond donors (Lipinski definition) is 1. The predicted octanol–water partition coefficient (Wildman–Crippen LogP) is 2.28. The summed E-state index contributed by atoms with van der Waals surface area (Å²) in [6.45, 7) is 6.01. The van der Waals surface area contributed by atoms with Gasteiger partial charge >= 0.3 is 0 Å². The highest BCUT2D eigenvalue weighted by Gasteiger charge is 2.27. The monoisotopic (exact) mass is 243 g/mol. The fourth-order valence-electron chi connectivity index (χ4n) is 2.55. The maximum absolute atomic E-state index is 10.0. The average Bonchev–Trinajstić information content (AvgIpc) is 2.78. The molecule has 1 saturated carbocycles. The first-order valence-electron chi connectivity index (χ1n) is 6.87. The molecule has 1 fully saturated rings. The number of hydrogen-bond acceptors (Lipinski definition) is 3. The van der Waals surface area contributed by atoms with E-state index in [1.165, 1.54) is 32.2 Å². The van der Waals surface area contributed by atoms with Gasteiger partial charge in [-0.1, -0.05) is 12.8 Å². The Hall–Kier alpha value is -0.120. The van der Waals surface area contributed by atoms with Crippen LogP contribution in [0.25, 0.3) is 0 Å². The Morgan fingerprint density at radius 2 is 1.94 bits per heavy atom. The van der Waals surface area contributed by atoms with Gasteiger partial charge in [-0.05, 0) is 46.1 Å². The Balaban J connectivity index is 2.20. The highest BCUT2D eigenvalue weighted by atomic mass is 16.5. The number of aliphatic hydroxyl groups is 1. The van der Waals surface area contributed by atoms with Crippen molar-refractivity contribution in [3.8, 4) is 0 Å². The zero-order valence-corrected chi connectivity index (χ0v) is 11.9. The molecule has 0 aliphatic heterocycles. The molecule has 0 aromatic rings. The molecule has 1 rings (SSSR count). The third-order valence-electron chi connectivity index (χ3n) is 4.16. The van der Waals surface area contributed by atoms with E-state index in [9.17, 15) is 5.11 Å². The molecule has 0 heterocycles. The first kappa shape index (κ1) is 14.9. The van der Waals surface area contributed by atoms with Crippen LogP contribution in [0.3, 0.4) is 0 Å². The third-order valence-corrected chi connectivity index (χ3v) is 4.16. The van der Waals surface area contributed by atoms with Crippen molar-refractivity contribution >= 4 is 0 Å². The minimum atomic E-state index is -0.436. The van der Waals surface area contributed by atoms with Gasteiger partial charge in [0, 0.05) is 20.2 Å². The van der Waals surface area contributed by atoms with Crippen molar-refractivity contribution in [2.45, 2.75) is 57.7 Å². The minimum absolute atomic E-state index is 0.390. The van der Waals surface area contributed by atoms with E-state index in [-0.39, 0.29) is 0 Å². The normalized spacial score (nSPS) is 20.1. The second-order valence-corrected chi connectivity index (χ2v) is 6.02. The molecule has 1 aliphatic rings. The first-order valence-corrected chi connectivity index (χ1v) is 6.87. The van der Waals surface area contributed by atoms with Gasteiger partial charge in [-0.2, -0.15) is 0 Å². The molecule has 102 valence electrons. The third kappa shape index (κ3) is 4.94. The standard InChI is InChI=1S/C14H29NO2/c1-14(2,17-4)13(16)9-10-15(3)11-12-7-5-6-8-12/h12-13,16H,5-11H2,1-4H3. The molecule has 1 aliphatic carbocycles. The minimum Gasteiger partial charge on any atom is -0.390 e. The summed E-state index contributed by atoms with van der Waals surface area (Å²) in [6, 6.07) is 0. The summed E-state index contributed by atoms with van der Waals surface area (Å²) in [6.07, 6.45) is 5.96. The summed E-state index contributed by atoms with van der Waals surface area (Å²) < 4.78 is 5.30. The lowest BCUT2D eigenvalue weighted by atomic mass is 9.98. The smallest absolute Gasteiger partial charge is 0.0880 e. The lowest BCUT2D eigenvalue weighted by molar-refractivity contribution is -0.0820. The molecule has 1 atom stereocenters. The summed E-state index contributed by atoms with van der Waals surface area (Å²) in [4.78, 5) is 2.35. The largest absolute Gasteiger partial charge is 0.390 e. The van der Waals surface area contributed by atoms with Gasteiger partial charge in [0.25, 0.3) is 0 Å². The summed E-state index contributed by atoms with van der Waals surface area (Å²) in [5.41, 5.74) is -0.436. The van der Waals surface area contributed by atoms with Gasteiger partial charge in [0.05, 0.1) is 11.7 Å². The van der Waals surface area contributed by atoms with E-state index < -0.39 is 11.7 Å². The Kier molecular flexibility index (Phi) is 5.90. The number of methoxy groups -OCH3 is 1. The topological polar surface area (TPSA) is 32.7 Å².